The van der Waals surface area contributed by atoms with Crippen LogP contribution < -0.4 is 15.4 Å². The zero-order valence-electron chi connectivity index (χ0n) is 15.0. The van der Waals surface area contributed by atoms with E-state index < -0.39 is 0 Å². The molecule has 0 radical (unpaired) electrons. The third kappa shape index (κ3) is 3.78. The molecule has 0 amide bonds. The van der Waals surface area contributed by atoms with Crippen LogP contribution in [0.15, 0.2) is 48.8 Å². The standard InChI is InChI=1S/C21H24N4O/c1-15-12-19-18(21(24-15)26-14-16-4-3-9-23-13-16)5-2-6-20(19)25-17-7-10-22-11-8-17/h2-6,9,12-13,17,22,25H,7-8,10-11,14H2,1H3. The van der Waals surface area contributed by atoms with E-state index in [0.717, 1.165) is 48.3 Å². The summed E-state index contributed by atoms with van der Waals surface area (Å²) >= 11 is 0. The molecule has 0 bridgehead atoms. The van der Waals surface area contributed by atoms with Crippen molar-refractivity contribution in [2.24, 2.45) is 0 Å². The molecule has 5 heteroatoms. The molecule has 3 aromatic rings. The molecule has 0 atom stereocenters. The topological polar surface area (TPSA) is 59.1 Å². The Labute approximate surface area is 153 Å². The van der Waals surface area contributed by atoms with Gasteiger partial charge in [0.1, 0.15) is 6.61 Å². The van der Waals surface area contributed by atoms with E-state index in [-0.39, 0.29) is 0 Å². The summed E-state index contributed by atoms with van der Waals surface area (Å²) in [6.07, 6.45) is 5.88. The van der Waals surface area contributed by atoms with Gasteiger partial charge < -0.3 is 15.4 Å². The normalized spacial score (nSPS) is 15.1. The fourth-order valence-electron chi connectivity index (χ4n) is 3.43. The Kier molecular flexibility index (Phi) is 4.97. The first-order valence-electron chi connectivity index (χ1n) is 9.19. The number of rotatable bonds is 5. The molecular weight excluding hydrogens is 324 g/mol. The lowest BCUT2D eigenvalue weighted by Crippen LogP contribution is -2.35. The largest absolute Gasteiger partial charge is 0.472 e. The van der Waals surface area contributed by atoms with E-state index in [9.17, 15) is 0 Å². The molecular formula is C21H24N4O. The highest BCUT2D eigenvalue weighted by Crippen LogP contribution is 2.31. The Morgan fingerprint density at radius 2 is 2.04 bits per heavy atom. The number of pyridine rings is 2. The van der Waals surface area contributed by atoms with Gasteiger partial charge in [-0.15, -0.1) is 0 Å². The highest BCUT2D eigenvalue weighted by atomic mass is 16.5. The minimum Gasteiger partial charge on any atom is -0.472 e. The van der Waals surface area contributed by atoms with Gasteiger partial charge >= 0.3 is 0 Å². The summed E-state index contributed by atoms with van der Waals surface area (Å²) in [7, 11) is 0. The Balaban J connectivity index is 1.62. The third-order valence-electron chi connectivity index (χ3n) is 4.76. The first-order valence-corrected chi connectivity index (χ1v) is 9.19. The SMILES string of the molecule is Cc1cc2c(NC3CCNCC3)cccc2c(OCc2cccnc2)n1. The monoisotopic (exact) mass is 348 g/mol. The number of anilines is 1. The first kappa shape index (κ1) is 16.8. The quantitative estimate of drug-likeness (QED) is 0.736. The van der Waals surface area contributed by atoms with Crippen molar-refractivity contribution in [3.63, 3.8) is 0 Å². The summed E-state index contributed by atoms with van der Waals surface area (Å²) in [5.41, 5.74) is 3.15. The molecule has 4 rings (SSSR count). The molecule has 0 saturated carbocycles. The molecule has 1 aliphatic rings. The van der Waals surface area contributed by atoms with Gasteiger partial charge in [-0.2, -0.15) is 0 Å². The maximum Gasteiger partial charge on any atom is 0.221 e. The number of hydrogen-bond donors (Lipinski definition) is 2. The minimum atomic E-state index is 0.464. The van der Waals surface area contributed by atoms with Gasteiger partial charge in [-0.05, 0) is 57.1 Å². The molecule has 2 aromatic heterocycles. The van der Waals surface area contributed by atoms with Gasteiger partial charge in [0.2, 0.25) is 5.88 Å². The van der Waals surface area contributed by atoms with Crippen molar-refractivity contribution < 1.29 is 4.74 Å². The first-order chi connectivity index (χ1) is 12.8. The number of benzene rings is 1. The molecule has 0 aliphatic carbocycles. The highest BCUT2D eigenvalue weighted by Gasteiger charge is 2.15. The van der Waals surface area contributed by atoms with Crippen molar-refractivity contribution in [3.8, 4) is 5.88 Å². The van der Waals surface area contributed by atoms with Crippen LogP contribution >= 0.6 is 0 Å². The number of nitrogens with one attached hydrogen (secondary N) is 2. The van der Waals surface area contributed by atoms with E-state index in [1.165, 1.54) is 5.39 Å². The fourth-order valence-corrected chi connectivity index (χ4v) is 3.43. The van der Waals surface area contributed by atoms with Crippen molar-refractivity contribution in [1.82, 2.24) is 15.3 Å². The van der Waals surface area contributed by atoms with Crippen LogP contribution in [0.5, 0.6) is 5.88 Å². The van der Waals surface area contributed by atoms with Crippen LogP contribution in [0.3, 0.4) is 0 Å². The van der Waals surface area contributed by atoms with E-state index in [2.05, 4.69) is 44.9 Å². The smallest absolute Gasteiger partial charge is 0.221 e. The van der Waals surface area contributed by atoms with Crippen molar-refractivity contribution in [3.05, 3.63) is 60.0 Å². The van der Waals surface area contributed by atoms with Crippen LogP contribution in [0.2, 0.25) is 0 Å². The zero-order valence-corrected chi connectivity index (χ0v) is 15.0. The predicted molar refractivity (Wildman–Crippen MR) is 105 cm³/mol. The van der Waals surface area contributed by atoms with E-state index >= 15 is 0 Å². The molecule has 3 heterocycles. The van der Waals surface area contributed by atoms with Crippen LogP contribution in [0.4, 0.5) is 5.69 Å². The lowest BCUT2D eigenvalue weighted by Gasteiger charge is -2.25. The zero-order chi connectivity index (χ0) is 17.8. The highest BCUT2D eigenvalue weighted by molar-refractivity contribution is 5.97. The van der Waals surface area contributed by atoms with Gasteiger partial charge in [0.05, 0.1) is 0 Å². The Morgan fingerprint density at radius 1 is 1.15 bits per heavy atom. The summed E-state index contributed by atoms with van der Waals surface area (Å²) < 4.78 is 6.04. The number of fused-ring (bicyclic) bond motifs is 1. The molecule has 1 aromatic carbocycles. The van der Waals surface area contributed by atoms with Gasteiger partial charge in [0.25, 0.3) is 0 Å². The average Bonchev–Trinajstić information content (AvgIpc) is 2.68. The molecule has 5 nitrogen and oxygen atoms in total. The number of aromatic nitrogens is 2. The molecule has 2 N–H and O–H groups in total. The molecule has 1 saturated heterocycles. The molecule has 0 spiro atoms. The number of nitrogens with zero attached hydrogens (tertiary/aromatic N) is 2. The summed E-state index contributed by atoms with van der Waals surface area (Å²) in [5, 5.41) is 9.34. The van der Waals surface area contributed by atoms with Crippen LogP contribution in [-0.2, 0) is 6.61 Å². The van der Waals surface area contributed by atoms with Gasteiger partial charge in [0.15, 0.2) is 0 Å². The number of piperidine rings is 1. The molecule has 26 heavy (non-hydrogen) atoms. The lowest BCUT2D eigenvalue weighted by atomic mass is 10.0. The van der Waals surface area contributed by atoms with Crippen LogP contribution in [0, 0.1) is 6.92 Å². The molecule has 1 fully saturated rings. The lowest BCUT2D eigenvalue weighted by molar-refractivity contribution is 0.297. The Bertz CT molecular complexity index is 876. The maximum absolute atomic E-state index is 6.04. The molecule has 1 aliphatic heterocycles. The second-order valence-corrected chi connectivity index (χ2v) is 6.79. The summed E-state index contributed by atoms with van der Waals surface area (Å²) in [5.74, 6) is 0.679. The molecule has 0 unspecified atom stereocenters. The van der Waals surface area contributed by atoms with E-state index in [1.54, 1.807) is 6.20 Å². The second kappa shape index (κ2) is 7.70. The van der Waals surface area contributed by atoms with Crippen LogP contribution in [0.1, 0.15) is 24.1 Å². The Hall–Kier alpha value is -2.66. The second-order valence-electron chi connectivity index (χ2n) is 6.79. The number of aryl methyl sites for hydroxylation is 1. The fraction of sp³-hybridized carbons (Fsp3) is 0.333. The van der Waals surface area contributed by atoms with Gasteiger partial charge in [-0.1, -0.05) is 12.1 Å². The van der Waals surface area contributed by atoms with Gasteiger partial charge in [-0.25, -0.2) is 4.98 Å². The van der Waals surface area contributed by atoms with E-state index in [4.69, 9.17) is 4.74 Å². The van der Waals surface area contributed by atoms with Crippen LogP contribution in [-0.4, -0.2) is 29.1 Å². The van der Waals surface area contributed by atoms with Crippen molar-refractivity contribution in [2.45, 2.75) is 32.4 Å². The minimum absolute atomic E-state index is 0.464. The van der Waals surface area contributed by atoms with Gasteiger partial charge in [-0.3, -0.25) is 4.98 Å². The predicted octanol–water partition coefficient (Wildman–Crippen LogP) is 3.68. The average molecular weight is 348 g/mol. The summed E-state index contributed by atoms with van der Waals surface area (Å²) in [4.78, 5) is 8.76. The van der Waals surface area contributed by atoms with E-state index in [1.807, 2.05) is 25.3 Å². The van der Waals surface area contributed by atoms with E-state index in [0.29, 0.717) is 18.5 Å². The van der Waals surface area contributed by atoms with Crippen molar-refractivity contribution >= 4 is 16.5 Å². The third-order valence-corrected chi connectivity index (χ3v) is 4.76. The van der Waals surface area contributed by atoms with Crippen molar-refractivity contribution in [1.29, 1.82) is 0 Å². The van der Waals surface area contributed by atoms with Crippen LogP contribution in [0.25, 0.3) is 10.8 Å². The Morgan fingerprint density at radius 3 is 2.85 bits per heavy atom. The summed E-state index contributed by atoms with van der Waals surface area (Å²) in [6, 6.07) is 12.9. The number of ether oxygens (including phenoxy) is 1. The van der Waals surface area contributed by atoms with Crippen molar-refractivity contribution in [2.75, 3.05) is 18.4 Å². The maximum atomic E-state index is 6.04. The van der Waals surface area contributed by atoms with Gasteiger partial charge in [0, 0.05) is 46.2 Å². The summed E-state index contributed by atoms with van der Waals surface area (Å²) in [6.45, 7) is 4.62. The number of hydrogen-bond acceptors (Lipinski definition) is 5. The molecule has 134 valence electrons.